The monoisotopic (exact) mass is 231 g/mol. The predicted molar refractivity (Wildman–Crippen MR) is 72.4 cm³/mol. The van der Waals surface area contributed by atoms with Gasteiger partial charge >= 0.3 is 0 Å². The molecule has 1 N–H and O–H groups in total. The molecule has 84 valence electrons. The quantitative estimate of drug-likeness (QED) is 0.838. The molecule has 2 rings (SSSR count). The lowest BCUT2D eigenvalue weighted by Crippen LogP contribution is -2.06. The van der Waals surface area contributed by atoms with E-state index >= 15 is 0 Å². The molecule has 0 fully saturated rings. The Bertz CT molecular complexity index is 426. The molecule has 2 heteroatoms. The van der Waals surface area contributed by atoms with Crippen LogP contribution in [-0.2, 0) is 6.42 Å². The van der Waals surface area contributed by atoms with Crippen LogP contribution in [0.25, 0.3) is 0 Å². The van der Waals surface area contributed by atoms with E-state index in [4.69, 9.17) is 0 Å². The van der Waals surface area contributed by atoms with Crippen molar-refractivity contribution in [3.05, 3.63) is 51.7 Å². The Kier molecular flexibility index (Phi) is 3.62. The van der Waals surface area contributed by atoms with E-state index in [1.165, 1.54) is 21.7 Å². The Labute approximate surface area is 101 Å². The van der Waals surface area contributed by atoms with Gasteiger partial charge in [-0.2, -0.15) is 0 Å². The third kappa shape index (κ3) is 2.64. The number of aryl methyl sites for hydroxylation is 2. The van der Waals surface area contributed by atoms with Crippen LogP contribution in [0.3, 0.4) is 0 Å². The molecule has 0 radical (unpaired) electrons. The number of para-hydroxylation sites is 1. The normalized spacial score (nSPS) is 10.4. The average Bonchev–Trinajstić information content (AvgIpc) is 2.75. The highest BCUT2D eigenvalue weighted by molar-refractivity contribution is 7.09. The first-order valence-corrected chi connectivity index (χ1v) is 6.48. The minimum atomic E-state index is 1.01. The van der Waals surface area contributed by atoms with Gasteiger partial charge in [-0.25, -0.2) is 0 Å². The minimum Gasteiger partial charge on any atom is -0.384 e. The smallest absolute Gasteiger partial charge is 0.0399 e. The van der Waals surface area contributed by atoms with Crippen molar-refractivity contribution in [2.75, 3.05) is 11.9 Å². The molecule has 0 amide bonds. The third-order valence-electron chi connectivity index (χ3n) is 2.73. The SMILES string of the molecule is Cc1cccc(C)c1NCCc1cccs1. The Morgan fingerprint density at radius 1 is 1.06 bits per heavy atom. The molecule has 0 unspecified atom stereocenters. The van der Waals surface area contributed by atoms with Gasteiger partial charge in [-0.3, -0.25) is 0 Å². The van der Waals surface area contributed by atoms with E-state index in [9.17, 15) is 0 Å². The summed E-state index contributed by atoms with van der Waals surface area (Å²) in [4.78, 5) is 1.44. The molecule has 16 heavy (non-hydrogen) atoms. The highest BCUT2D eigenvalue weighted by Crippen LogP contribution is 2.19. The second-order valence-corrected chi connectivity index (χ2v) is 5.06. The summed E-state index contributed by atoms with van der Waals surface area (Å²) in [7, 11) is 0. The first-order chi connectivity index (χ1) is 7.77. The van der Waals surface area contributed by atoms with Crippen molar-refractivity contribution >= 4 is 17.0 Å². The molecular formula is C14H17NS. The highest BCUT2D eigenvalue weighted by Gasteiger charge is 2.00. The molecular weight excluding hydrogens is 214 g/mol. The Morgan fingerprint density at radius 3 is 2.44 bits per heavy atom. The van der Waals surface area contributed by atoms with E-state index in [0.717, 1.165) is 13.0 Å². The molecule has 1 aromatic carbocycles. The van der Waals surface area contributed by atoms with Crippen molar-refractivity contribution < 1.29 is 0 Å². The van der Waals surface area contributed by atoms with Gasteiger partial charge in [0.25, 0.3) is 0 Å². The molecule has 1 nitrogen and oxygen atoms in total. The molecule has 2 aromatic rings. The van der Waals surface area contributed by atoms with E-state index in [1.807, 2.05) is 11.3 Å². The third-order valence-corrected chi connectivity index (χ3v) is 3.67. The molecule has 0 bridgehead atoms. The summed E-state index contributed by atoms with van der Waals surface area (Å²) in [5.41, 5.74) is 3.94. The van der Waals surface area contributed by atoms with Gasteiger partial charge in [0.1, 0.15) is 0 Å². The van der Waals surface area contributed by atoms with Gasteiger partial charge in [-0.05, 0) is 42.8 Å². The molecule has 0 atom stereocenters. The first-order valence-electron chi connectivity index (χ1n) is 5.60. The second kappa shape index (κ2) is 5.17. The Balaban J connectivity index is 1.95. The van der Waals surface area contributed by atoms with Crippen molar-refractivity contribution in [1.29, 1.82) is 0 Å². The van der Waals surface area contributed by atoms with Crippen LogP contribution in [-0.4, -0.2) is 6.54 Å². The van der Waals surface area contributed by atoms with Crippen molar-refractivity contribution in [1.82, 2.24) is 0 Å². The molecule has 1 aromatic heterocycles. The van der Waals surface area contributed by atoms with E-state index in [2.05, 4.69) is 54.9 Å². The van der Waals surface area contributed by atoms with E-state index in [1.54, 1.807) is 0 Å². The lowest BCUT2D eigenvalue weighted by Gasteiger charge is -2.11. The van der Waals surface area contributed by atoms with Crippen molar-refractivity contribution in [2.45, 2.75) is 20.3 Å². The highest BCUT2D eigenvalue weighted by atomic mass is 32.1. The maximum absolute atomic E-state index is 3.53. The van der Waals surface area contributed by atoms with Crippen LogP contribution < -0.4 is 5.32 Å². The van der Waals surface area contributed by atoms with Gasteiger partial charge in [0.15, 0.2) is 0 Å². The average molecular weight is 231 g/mol. The molecule has 0 saturated heterocycles. The number of anilines is 1. The van der Waals surface area contributed by atoms with Gasteiger partial charge < -0.3 is 5.32 Å². The van der Waals surface area contributed by atoms with Crippen LogP contribution in [0.2, 0.25) is 0 Å². The van der Waals surface area contributed by atoms with Gasteiger partial charge in [-0.1, -0.05) is 24.3 Å². The lowest BCUT2D eigenvalue weighted by molar-refractivity contribution is 1.04. The van der Waals surface area contributed by atoms with Crippen LogP contribution in [0.5, 0.6) is 0 Å². The first kappa shape index (κ1) is 11.2. The zero-order valence-electron chi connectivity index (χ0n) is 9.79. The number of hydrogen-bond donors (Lipinski definition) is 1. The molecule has 0 aliphatic carbocycles. The maximum atomic E-state index is 3.53. The van der Waals surface area contributed by atoms with Crippen LogP contribution in [0.4, 0.5) is 5.69 Å². The maximum Gasteiger partial charge on any atom is 0.0399 e. The largest absolute Gasteiger partial charge is 0.384 e. The molecule has 0 spiro atoms. The van der Waals surface area contributed by atoms with E-state index in [0.29, 0.717) is 0 Å². The molecule has 0 aliphatic heterocycles. The van der Waals surface area contributed by atoms with Crippen molar-refractivity contribution in [2.24, 2.45) is 0 Å². The predicted octanol–water partition coefficient (Wildman–Crippen LogP) is 4.02. The zero-order chi connectivity index (χ0) is 11.4. The number of nitrogens with one attached hydrogen (secondary N) is 1. The van der Waals surface area contributed by atoms with Crippen molar-refractivity contribution in [3.8, 4) is 0 Å². The summed E-state index contributed by atoms with van der Waals surface area (Å²) in [6, 6.07) is 10.7. The Morgan fingerprint density at radius 2 is 1.81 bits per heavy atom. The van der Waals surface area contributed by atoms with E-state index in [-0.39, 0.29) is 0 Å². The fourth-order valence-electron chi connectivity index (χ4n) is 1.86. The summed E-state index contributed by atoms with van der Waals surface area (Å²) in [5, 5.41) is 5.66. The summed E-state index contributed by atoms with van der Waals surface area (Å²) in [6.45, 7) is 5.31. The lowest BCUT2D eigenvalue weighted by atomic mass is 10.1. The molecule has 1 heterocycles. The second-order valence-electron chi connectivity index (χ2n) is 4.02. The summed E-state index contributed by atoms with van der Waals surface area (Å²) in [5.74, 6) is 0. The van der Waals surface area contributed by atoms with Crippen LogP contribution in [0, 0.1) is 13.8 Å². The van der Waals surface area contributed by atoms with E-state index < -0.39 is 0 Å². The number of thiophene rings is 1. The van der Waals surface area contributed by atoms with Gasteiger partial charge in [0.2, 0.25) is 0 Å². The van der Waals surface area contributed by atoms with Gasteiger partial charge in [-0.15, -0.1) is 11.3 Å². The van der Waals surface area contributed by atoms with Crippen LogP contribution >= 0.6 is 11.3 Å². The van der Waals surface area contributed by atoms with Crippen LogP contribution in [0.1, 0.15) is 16.0 Å². The van der Waals surface area contributed by atoms with Crippen molar-refractivity contribution in [3.63, 3.8) is 0 Å². The fourth-order valence-corrected chi connectivity index (χ4v) is 2.57. The number of rotatable bonds is 4. The molecule has 0 aliphatic rings. The number of benzene rings is 1. The zero-order valence-corrected chi connectivity index (χ0v) is 10.6. The Hall–Kier alpha value is -1.28. The fraction of sp³-hybridized carbons (Fsp3) is 0.286. The molecule has 0 saturated carbocycles. The topological polar surface area (TPSA) is 12.0 Å². The van der Waals surface area contributed by atoms with Gasteiger partial charge in [0.05, 0.1) is 0 Å². The summed E-state index contributed by atoms with van der Waals surface area (Å²) >= 11 is 1.83. The van der Waals surface area contributed by atoms with Gasteiger partial charge in [0, 0.05) is 17.1 Å². The minimum absolute atomic E-state index is 1.01. The summed E-state index contributed by atoms with van der Waals surface area (Å²) in [6.07, 6.45) is 1.10. The summed E-state index contributed by atoms with van der Waals surface area (Å²) < 4.78 is 0. The van der Waals surface area contributed by atoms with Crippen LogP contribution in [0.15, 0.2) is 35.7 Å². The number of hydrogen-bond acceptors (Lipinski definition) is 2. The standard InChI is InChI=1S/C14H17NS/c1-11-5-3-6-12(2)14(11)15-9-8-13-7-4-10-16-13/h3-7,10,15H,8-9H2,1-2H3.